The second-order valence-corrected chi connectivity index (χ2v) is 4.81. The highest BCUT2D eigenvalue weighted by Gasteiger charge is 2.39. The van der Waals surface area contributed by atoms with Gasteiger partial charge in [0.2, 0.25) is 0 Å². The molecule has 0 amide bonds. The minimum atomic E-state index is -0.514. The summed E-state index contributed by atoms with van der Waals surface area (Å²) in [5, 5.41) is 19.1. The Bertz CT molecular complexity index is 198. The molecule has 1 rings (SSSR count). The van der Waals surface area contributed by atoms with Crippen LogP contribution in [0.1, 0.15) is 39.5 Å². The Hall–Kier alpha value is -0.340. The molecule has 1 aliphatic rings. The van der Waals surface area contributed by atoms with E-state index in [-0.39, 0.29) is 12.5 Å². The summed E-state index contributed by atoms with van der Waals surface area (Å²) in [6.45, 7) is 4.36. The molecule has 1 saturated carbocycles. The van der Waals surface area contributed by atoms with Crippen molar-refractivity contribution in [2.24, 2.45) is 11.8 Å². The predicted octanol–water partition coefficient (Wildman–Crippen LogP) is 2.11. The quantitative estimate of drug-likeness (QED) is 0.679. The van der Waals surface area contributed by atoms with Crippen LogP contribution in [0.4, 0.5) is 0 Å². The zero-order valence-electron chi connectivity index (χ0n) is 9.24. The van der Waals surface area contributed by atoms with Crippen molar-refractivity contribution >= 4 is 0 Å². The second-order valence-electron chi connectivity index (χ2n) is 4.81. The maximum Gasteiger partial charge on any atom is 0.0712 e. The molecule has 1 fully saturated rings. The van der Waals surface area contributed by atoms with Gasteiger partial charge in [0.15, 0.2) is 0 Å². The summed E-state index contributed by atoms with van der Waals surface area (Å²) in [5.41, 5.74) is -0.514. The van der Waals surface area contributed by atoms with Gasteiger partial charge in [-0.3, -0.25) is 0 Å². The fourth-order valence-corrected chi connectivity index (χ4v) is 2.54. The van der Waals surface area contributed by atoms with Crippen LogP contribution in [0.5, 0.6) is 0 Å². The summed E-state index contributed by atoms with van der Waals surface area (Å²) in [4.78, 5) is 0. The van der Waals surface area contributed by atoms with E-state index in [9.17, 15) is 5.11 Å². The van der Waals surface area contributed by atoms with Crippen LogP contribution in [0, 0.1) is 11.8 Å². The molecule has 0 aliphatic heterocycles. The van der Waals surface area contributed by atoms with Crippen LogP contribution in [-0.2, 0) is 0 Å². The first-order valence-corrected chi connectivity index (χ1v) is 5.58. The molecular weight excluding hydrogens is 176 g/mol. The monoisotopic (exact) mass is 198 g/mol. The summed E-state index contributed by atoms with van der Waals surface area (Å²) in [6.07, 6.45) is 7.67. The predicted molar refractivity (Wildman–Crippen MR) is 58.0 cm³/mol. The molecule has 0 radical (unpaired) electrons. The third kappa shape index (κ3) is 2.82. The van der Waals surface area contributed by atoms with E-state index in [1.54, 1.807) is 6.08 Å². The van der Waals surface area contributed by atoms with Crippen molar-refractivity contribution in [1.29, 1.82) is 0 Å². The van der Waals surface area contributed by atoms with Gasteiger partial charge in [0, 0.05) is 5.92 Å². The van der Waals surface area contributed by atoms with Gasteiger partial charge in [-0.15, -0.1) is 0 Å². The van der Waals surface area contributed by atoms with Crippen molar-refractivity contribution in [1.82, 2.24) is 0 Å². The topological polar surface area (TPSA) is 40.5 Å². The van der Waals surface area contributed by atoms with Crippen LogP contribution in [0.25, 0.3) is 0 Å². The van der Waals surface area contributed by atoms with Crippen molar-refractivity contribution in [2.45, 2.75) is 45.1 Å². The fraction of sp³-hybridized carbons (Fsp3) is 0.833. The number of aliphatic hydroxyl groups excluding tert-OH is 1. The van der Waals surface area contributed by atoms with Crippen LogP contribution in [0.15, 0.2) is 12.2 Å². The minimum Gasteiger partial charge on any atom is -0.392 e. The van der Waals surface area contributed by atoms with Crippen molar-refractivity contribution in [3.8, 4) is 0 Å². The Kier molecular flexibility index (Phi) is 4.14. The van der Waals surface area contributed by atoms with Crippen molar-refractivity contribution in [2.75, 3.05) is 6.61 Å². The number of aliphatic hydroxyl groups is 2. The van der Waals surface area contributed by atoms with Crippen molar-refractivity contribution in [3.05, 3.63) is 12.2 Å². The molecule has 0 heterocycles. The third-order valence-electron chi connectivity index (χ3n) is 3.05. The molecule has 82 valence electrons. The molecule has 2 N–H and O–H groups in total. The van der Waals surface area contributed by atoms with Crippen LogP contribution >= 0.6 is 0 Å². The van der Waals surface area contributed by atoms with Gasteiger partial charge in [-0.25, -0.2) is 0 Å². The zero-order chi connectivity index (χ0) is 10.6. The first-order valence-electron chi connectivity index (χ1n) is 5.58. The molecule has 2 nitrogen and oxygen atoms in total. The lowest BCUT2D eigenvalue weighted by Gasteiger charge is -2.30. The molecule has 14 heavy (non-hydrogen) atoms. The largest absolute Gasteiger partial charge is 0.392 e. The van der Waals surface area contributed by atoms with Crippen molar-refractivity contribution in [3.63, 3.8) is 0 Å². The van der Waals surface area contributed by atoms with Gasteiger partial charge in [-0.2, -0.15) is 0 Å². The van der Waals surface area contributed by atoms with Gasteiger partial charge in [0.1, 0.15) is 0 Å². The lowest BCUT2D eigenvalue weighted by atomic mass is 9.83. The van der Waals surface area contributed by atoms with Crippen LogP contribution in [0.2, 0.25) is 0 Å². The van der Waals surface area contributed by atoms with E-state index >= 15 is 0 Å². The Morgan fingerprint density at radius 1 is 1.50 bits per heavy atom. The average molecular weight is 198 g/mol. The fourth-order valence-electron chi connectivity index (χ4n) is 2.54. The average Bonchev–Trinajstić information content (AvgIpc) is 2.42. The molecular formula is C12H22O2. The molecule has 2 atom stereocenters. The van der Waals surface area contributed by atoms with Gasteiger partial charge in [-0.1, -0.05) is 26.0 Å². The molecule has 0 bridgehead atoms. The summed E-state index contributed by atoms with van der Waals surface area (Å²) >= 11 is 0. The lowest BCUT2D eigenvalue weighted by molar-refractivity contribution is -0.000326. The first-order chi connectivity index (χ1) is 6.58. The lowest BCUT2D eigenvalue weighted by Crippen LogP contribution is -2.33. The molecule has 0 aromatic carbocycles. The van der Waals surface area contributed by atoms with E-state index in [2.05, 4.69) is 13.8 Å². The molecule has 0 aromatic rings. The van der Waals surface area contributed by atoms with Gasteiger partial charge in [-0.05, 0) is 31.6 Å². The van der Waals surface area contributed by atoms with Crippen LogP contribution in [-0.4, -0.2) is 22.4 Å². The minimum absolute atomic E-state index is 0.0776. The Balaban J connectivity index is 2.60. The highest BCUT2D eigenvalue weighted by molar-refractivity contribution is 5.03. The smallest absolute Gasteiger partial charge is 0.0712 e. The van der Waals surface area contributed by atoms with Crippen molar-refractivity contribution < 1.29 is 10.2 Å². The standard InChI is InChI=1S/C12H22O2/c1-10(2)9-12(14)7-3-5-11(12)6-4-8-13/h4,6,10-11,13-14H,3,5,7-9H2,1-2H3/b6-4+/t11-,12-/m1/s1. The Morgan fingerprint density at radius 3 is 2.79 bits per heavy atom. The maximum absolute atomic E-state index is 10.4. The number of rotatable bonds is 4. The summed E-state index contributed by atoms with van der Waals surface area (Å²) in [5.74, 6) is 0.778. The van der Waals surface area contributed by atoms with E-state index < -0.39 is 5.60 Å². The molecule has 0 unspecified atom stereocenters. The summed E-state index contributed by atoms with van der Waals surface area (Å²) in [7, 11) is 0. The summed E-state index contributed by atoms with van der Waals surface area (Å²) < 4.78 is 0. The Morgan fingerprint density at radius 2 is 2.21 bits per heavy atom. The Labute approximate surface area is 86.6 Å². The van der Waals surface area contributed by atoms with Crippen LogP contribution in [0.3, 0.4) is 0 Å². The molecule has 0 saturated heterocycles. The van der Waals surface area contributed by atoms with E-state index in [0.29, 0.717) is 5.92 Å². The van der Waals surface area contributed by atoms with E-state index in [1.807, 2.05) is 6.08 Å². The molecule has 0 aromatic heterocycles. The van der Waals surface area contributed by atoms with Gasteiger partial charge in [0.05, 0.1) is 12.2 Å². The first kappa shape index (κ1) is 11.7. The van der Waals surface area contributed by atoms with Crippen LogP contribution < -0.4 is 0 Å². The maximum atomic E-state index is 10.4. The number of hydrogen-bond acceptors (Lipinski definition) is 2. The molecule has 1 aliphatic carbocycles. The SMILES string of the molecule is CC(C)C[C@]1(O)CCC[C@@H]1/C=C/CO. The highest BCUT2D eigenvalue weighted by Crippen LogP contribution is 2.40. The summed E-state index contributed by atoms with van der Waals surface area (Å²) in [6, 6.07) is 0. The normalized spacial score (nSPS) is 33.4. The van der Waals surface area contributed by atoms with Gasteiger partial charge >= 0.3 is 0 Å². The van der Waals surface area contributed by atoms with Gasteiger partial charge in [0.25, 0.3) is 0 Å². The van der Waals surface area contributed by atoms with Gasteiger partial charge < -0.3 is 10.2 Å². The van der Waals surface area contributed by atoms with E-state index in [4.69, 9.17) is 5.11 Å². The second kappa shape index (κ2) is 4.94. The molecule has 0 spiro atoms. The highest BCUT2D eigenvalue weighted by atomic mass is 16.3. The molecule has 2 heteroatoms. The third-order valence-corrected chi connectivity index (χ3v) is 3.05. The zero-order valence-corrected chi connectivity index (χ0v) is 9.24. The number of hydrogen-bond donors (Lipinski definition) is 2. The van der Waals surface area contributed by atoms with E-state index in [0.717, 1.165) is 25.7 Å². The van der Waals surface area contributed by atoms with E-state index in [1.165, 1.54) is 0 Å².